The fraction of sp³-hybridized carbons (Fsp3) is 0.364. The van der Waals surface area contributed by atoms with Gasteiger partial charge >= 0.3 is 0 Å². The number of aliphatic hydroxyl groups is 1. The Morgan fingerprint density at radius 2 is 1.97 bits per heavy atom. The van der Waals surface area contributed by atoms with E-state index >= 15 is 0 Å². The number of aromatic nitrogens is 1. The summed E-state index contributed by atoms with van der Waals surface area (Å²) in [5.74, 6) is -4.09. The van der Waals surface area contributed by atoms with Crippen molar-refractivity contribution in [1.82, 2.24) is 9.88 Å². The maximum atomic E-state index is 14.5. The molecule has 0 fully saturated rings. The summed E-state index contributed by atoms with van der Waals surface area (Å²) in [6.45, 7) is 1.64. The van der Waals surface area contributed by atoms with E-state index in [1.807, 2.05) is 18.1 Å². The first-order valence-corrected chi connectivity index (χ1v) is 9.45. The molecule has 0 aliphatic rings. The number of hydrogen-bond acceptors (Lipinski definition) is 4. The number of aldehydes is 1. The van der Waals surface area contributed by atoms with Gasteiger partial charge < -0.3 is 10.0 Å². The summed E-state index contributed by atoms with van der Waals surface area (Å²) in [4.78, 5) is 17.2. The Hall–Kier alpha value is -2.67. The Labute approximate surface area is 168 Å². The first-order chi connectivity index (χ1) is 13.8. The topological polar surface area (TPSA) is 53.4 Å². The van der Waals surface area contributed by atoms with Gasteiger partial charge in [-0.05, 0) is 48.5 Å². The molecule has 7 heteroatoms. The lowest BCUT2D eigenvalue weighted by Gasteiger charge is -2.14. The zero-order valence-electron chi connectivity index (χ0n) is 16.5. The van der Waals surface area contributed by atoms with Crippen molar-refractivity contribution in [2.75, 3.05) is 20.2 Å². The molecule has 0 saturated carbocycles. The molecule has 0 radical (unpaired) electrons. The van der Waals surface area contributed by atoms with Gasteiger partial charge in [0, 0.05) is 36.5 Å². The van der Waals surface area contributed by atoms with E-state index in [4.69, 9.17) is 5.11 Å². The molecule has 156 valence electrons. The molecular weight excluding hydrogens is 381 g/mol. The summed E-state index contributed by atoms with van der Waals surface area (Å²) < 4.78 is 41.6. The molecule has 0 atom stereocenters. The molecule has 0 aliphatic carbocycles. The number of rotatable bonds is 10. The highest BCUT2D eigenvalue weighted by Gasteiger charge is 2.30. The van der Waals surface area contributed by atoms with Crippen LogP contribution in [0, 0.1) is 5.82 Å². The third-order valence-corrected chi connectivity index (χ3v) is 4.58. The fourth-order valence-corrected chi connectivity index (χ4v) is 2.80. The van der Waals surface area contributed by atoms with Gasteiger partial charge in [-0.2, -0.15) is 8.78 Å². The van der Waals surface area contributed by atoms with Crippen molar-refractivity contribution in [2.24, 2.45) is 0 Å². The van der Waals surface area contributed by atoms with Gasteiger partial charge in [-0.3, -0.25) is 9.78 Å². The number of halogens is 3. The molecule has 1 aromatic carbocycles. The zero-order valence-corrected chi connectivity index (χ0v) is 16.5. The SMILES string of the molecule is CCCCCN(C)/C=C\c1cc(-c2ccc(C(F)(F)CO)cn2)c(F)cc1C=O. The molecule has 0 spiro atoms. The van der Waals surface area contributed by atoms with Gasteiger partial charge in [0.25, 0.3) is 5.92 Å². The molecule has 1 aromatic heterocycles. The van der Waals surface area contributed by atoms with Gasteiger partial charge in [-0.15, -0.1) is 0 Å². The molecule has 0 saturated heterocycles. The molecule has 4 nitrogen and oxygen atoms in total. The summed E-state index contributed by atoms with van der Waals surface area (Å²) >= 11 is 0. The monoisotopic (exact) mass is 406 g/mol. The molecular formula is C22H25F3N2O2. The molecule has 1 N–H and O–H groups in total. The molecule has 1 heterocycles. The molecule has 29 heavy (non-hydrogen) atoms. The predicted octanol–water partition coefficient (Wildman–Crippen LogP) is 4.88. The smallest absolute Gasteiger partial charge is 0.297 e. The summed E-state index contributed by atoms with van der Waals surface area (Å²) in [5.41, 5.74) is 0.492. The van der Waals surface area contributed by atoms with Crippen LogP contribution in [0.3, 0.4) is 0 Å². The Bertz CT molecular complexity index is 852. The maximum Gasteiger partial charge on any atom is 0.297 e. The van der Waals surface area contributed by atoms with Crippen LogP contribution < -0.4 is 0 Å². The van der Waals surface area contributed by atoms with Gasteiger partial charge in [0.2, 0.25) is 0 Å². The van der Waals surface area contributed by atoms with Crippen LogP contribution in [0.25, 0.3) is 17.3 Å². The van der Waals surface area contributed by atoms with Crippen LogP contribution >= 0.6 is 0 Å². The van der Waals surface area contributed by atoms with Crippen LogP contribution in [0.15, 0.2) is 36.7 Å². The van der Waals surface area contributed by atoms with Crippen molar-refractivity contribution in [3.05, 3.63) is 59.2 Å². The second-order valence-electron chi connectivity index (χ2n) is 6.88. The second kappa shape index (κ2) is 10.2. The van der Waals surface area contributed by atoms with Crippen LogP contribution in [0.2, 0.25) is 0 Å². The number of aliphatic hydroxyl groups excluding tert-OH is 1. The lowest BCUT2D eigenvalue weighted by molar-refractivity contribution is -0.0558. The summed E-state index contributed by atoms with van der Waals surface area (Å²) in [6.07, 6.45) is 8.30. The lowest BCUT2D eigenvalue weighted by atomic mass is 10.0. The van der Waals surface area contributed by atoms with Crippen LogP contribution in [0.1, 0.15) is 47.7 Å². The summed E-state index contributed by atoms with van der Waals surface area (Å²) in [5, 5.41) is 8.76. The number of pyridine rings is 1. The number of carbonyl (C=O) groups excluding carboxylic acids is 1. The minimum atomic E-state index is -3.41. The Kier molecular flexibility index (Phi) is 7.96. The van der Waals surface area contributed by atoms with Crippen molar-refractivity contribution in [3.8, 4) is 11.3 Å². The molecule has 2 aromatic rings. The molecule has 0 aliphatic heterocycles. The van der Waals surface area contributed by atoms with Crippen LogP contribution in [0.4, 0.5) is 13.2 Å². The summed E-state index contributed by atoms with van der Waals surface area (Å²) in [6, 6.07) is 4.95. The normalized spacial score (nSPS) is 11.8. The van der Waals surface area contributed by atoms with Gasteiger partial charge in [-0.1, -0.05) is 19.8 Å². The highest BCUT2D eigenvalue weighted by Crippen LogP contribution is 2.30. The largest absolute Gasteiger partial charge is 0.390 e. The standard InChI is InChI=1S/C22H25F3N2O2/c1-3-4-5-9-27(2)10-8-16-11-19(20(23)12-17(16)14-28)21-7-6-18(13-26-21)22(24,25)15-29/h6-8,10-14,29H,3-5,9,15H2,1-2H3/b10-8-. The molecule has 2 rings (SSSR count). The van der Waals surface area contributed by atoms with E-state index < -0.39 is 23.9 Å². The van der Waals surface area contributed by atoms with E-state index in [2.05, 4.69) is 11.9 Å². The summed E-state index contributed by atoms with van der Waals surface area (Å²) in [7, 11) is 1.92. The number of unbranched alkanes of at least 4 members (excludes halogenated alkanes) is 2. The van der Waals surface area contributed by atoms with Crippen LogP contribution in [-0.2, 0) is 5.92 Å². The fourth-order valence-electron chi connectivity index (χ4n) is 2.80. The van der Waals surface area contributed by atoms with Gasteiger partial charge in [0.05, 0.1) is 5.69 Å². The average molecular weight is 406 g/mol. The third kappa shape index (κ3) is 5.90. The van der Waals surface area contributed by atoms with Crippen molar-refractivity contribution in [1.29, 1.82) is 0 Å². The van der Waals surface area contributed by atoms with Crippen LogP contribution in [0.5, 0.6) is 0 Å². The lowest BCUT2D eigenvalue weighted by Crippen LogP contribution is -2.18. The minimum absolute atomic E-state index is 0.0998. The minimum Gasteiger partial charge on any atom is -0.390 e. The predicted molar refractivity (Wildman–Crippen MR) is 107 cm³/mol. The molecule has 0 bridgehead atoms. The van der Waals surface area contributed by atoms with E-state index in [-0.39, 0.29) is 16.8 Å². The van der Waals surface area contributed by atoms with Gasteiger partial charge in [-0.25, -0.2) is 4.39 Å². The zero-order chi connectivity index (χ0) is 21.4. The van der Waals surface area contributed by atoms with Crippen molar-refractivity contribution in [2.45, 2.75) is 32.1 Å². The van der Waals surface area contributed by atoms with Crippen molar-refractivity contribution in [3.63, 3.8) is 0 Å². The van der Waals surface area contributed by atoms with Crippen LogP contribution in [-0.4, -0.2) is 41.5 Å². The number of alkyl halides is 2. The quantitative estimate of drug-likeness (QED) is 0.452. The molecule has 0 unspecified atom stereocenters. The first-order valence-electron chi connectivity index (χ1n) is 9.45. The molecule has 0 amide bonds. The van der Waals surface area contributed by atoms with Gasteiger partial charge in [0.15, 0.2) is 6.29 Å². The number of hydrogen-bond donors (Lipinski definition) is 1. The van der Waals surface area contributed by atoms with E-state index in [1.54, 1.807) is 6.08 Å². The maximum absolute atomic E-state index is 14.5. The Morgan fingerprint density at radius 1 is 1.21 bits per heavy atom. The average Bonchev–Trinajstić information content (AvgIpc) is 2.72. The Balaban J connectivity index is 2.32. The van der Waals surface area contributed by atoms with Gasteiger partial charge in [0.1, 0.15) is 12.4 Å². The highest BCUT2D eigenvalue weighted by molar-refractivity contribution is 5.84. The van der Waals surface area contributed by atoms with Crippen molar-refractivity contribution < 1.29 is 23.1 Å². The highest BCUT2D eigenvalue weighted by atomic mass is 19.3. The van der Waals surface area contributed by atoms with E-state index in [0.29, 0.717) is 11.8 Å². The Morgan fingerprint density at radius 3 is 2.55 bits per heavy atom. The van der Waals surface area contributed by atoms with E-state index in [1.165, 1.54) is 12.1 Å². The van der Waals surface area contributed by atoms with E-state index in [9.17, 15) is 18.0 Å². The number of nitrogens with zero attached hydrogens (tertiary/aromatic N) is 2. The second-order valence-corrected chi connectivity index (χ2v) is 6.88. The van der Waals surface area contributed by atoms with E-state index in [0.717, 1.165) is 44.1 Å². The van der Waals surface area contributed by atoms with Crippen molar-refractivity contribution >= 4 is 12.4 Å². The third-order valence-electron chi connectivity index (χ3n) is 4.58. The number of benzene rings is 1. The first kappa shape index (κ1) is 22.6. The number of carbonyl (C=O) groups is 1.